The van der Waals surface area contributed by atoms with Crippen LogP contribution in [0.25, 0.3) is 0 Å². The van der Waals surface area contributed by atoms with Crippen molar-refractivity contribution in [3.63, 3.8) is 0 Å². The van der Waals surface area contributed by atoms with Gasteiger partial charge in [0.15, 0.2) is 6.61 Å². The second kappa shape index (κ2) is 11.1. The maximum absolute atomic E-state index is 13.4. The highest BCUT2D eigenvalue weighted by atomic mass is 35.5. The van der Waals surface area contributed by atoms with Crippen molar-refractivity contribution in [2.24, 2.45) is 0 Å². The molecule has 0 bridgehead atoms. The van der Waals surface area contributed by atoms with E-state index < -0.39 is 17.3 Å². The number of amides is 2. The minimum absolute atomic E-state index is 0.0117. The first kappa shape index (κ1) is 24.7. The van der Waals surface area contributed by atoms with Crippen LogP contribution in [-0.4, -0.2) is 30.1 Å². The van der Waals surface area contributed by atoms with Gasteiger partial charge in [-0.1, -0.05) is 41.9 Å². The van der Waals surface area contributed by atoms with Gasteiger partial charge in [-0.2, -0.15) is 0 Å². The van der Waals surface area contributed by atoms with Crippen molar-refractivity contribution in [1.82, 2.24) is 10.6 Å². The number of allylic oxidation sites excluding steroid dienone is 1. The molecular weight excluding hydrogens is 446 g/mol. The summed E-state index contributed by atoms with van der Waals surface area (Å²) >= 11 is 11.4. The number of ether oxygens (including phenoxy) is 1. The van der Waals surface area contributed by atoms with E-state index in [9.17, 15) is 19.1 Å². The molecule has 0 heterocycles. The number of carbonyl (C=O) groups excluding carboxylic acids is 2. The Bertz CT molecular complexity index is 949. The fourth-order valence-corrected chi connectivity index (χ4v) is 2.79. The molecule has 0 aliphatic rings. The molecule has 2 amide bonds. The average Bonchev–Trinajstić information content (AvgIpc) is 2.72. The Morgan fingerprint density at radius 2 is 1.81 bits per heavy atom. The quantitative estimate of drug-likeness (QED) is 0.492. The van der Waals surface area contributed by atoms with E-state index in [4.69, 9.17) is 27.9 Å². The highest BCUT2D eigenvalue weighted by Crippen LogP contribution is 2.22. The number of aliphatic hydroxyl groups is 1. The van der Waals surface area contributed by atoms with Gasteiger partial charge in [0.05, 0.1) is 11.6 Å². The van der Waals surface area contributed by atoms with Crippen LogP contribution in [0.1, 0.15) is 25.3 Å². The molecule has 0 aromatic heterocycles. The zero-order valence-corrected chi connectivity index (χ0v) is 18.4. The molecule has 2 rings (SSSR count). The summed E-state index contributed by atoms with van der Waals surface area (Å²) in [6, 6.07) is 10.5. The molecule has 31 heavy (non-hydrogen) atoms. The van der Waals surface area contributed by atoms with E-state index in [2.05, 4.69) is 17.2 Å². The van der Waals surface area contributed by atoms with E-state index in [1.54, 1.807) is 31.2 Å². The van der Waals surface area contributed by atoms with Gasteiger partial charge < -0.3 is 20.5 Å². The van der Waals surface area contributed by atoms with Crippen LogP contribution in [0.5, 0.6) is 5.75 Å². The summed E-state index contributed by atoms with van der Waals surface area (Å²) < 4.78 is 18.5. The molecule has 0 aliphatic carbocycles. The van der Waals surface area contributed by atoms with Crippen LogP contribution >= 0.6 is 23.2 Å². The lowest BCUT2D eigenvalue weighted by atomic mass is 9.96. The molecular formula is C22H23Cl2FN2O4. The lowest BCUT2D eigenvalue weighted by Gasteiger charge is -2.24. The van der Waals surface area contributed by atoms with Crippen molar-refractivity contribution in [2.45, 2.75) is 25.4 Å². The number of carbonyl (C=O) groups is 2. The number of rotatable bonds is 10. The zero-order chi connectivity index (χ0) is 23.0. The van der Waals surface area contributed by atoms with E-state index in [0.29, 0.717) is 16.3 Å². The van der Waals surface area contributed by atoms with E-state index in [1.807, 2.05) is 0 Å². The third-order valence-corrected chi connectivity index (χ3v) is 4.89. The lowest BCUT2D eigenvalue weighted by molar-refractivity contribution is -0.123. The molecule has 0 radical (unpaired) electrons. The normalized spacial score (nSPS) is 12.5. The van der Waals surface area contributed by atoms with Crippen molar-refractivity contribution in [3.05, 3.63) is 76.2 Å². The Kier molecular flexibility index (Phi) is 8.86. The van der Waals surface area contributed by atoms with E-state index in [1.165, 1.54) is 12.1 Å². The summed E-state index contributed by atoms with van der Waals surface area (Å²) in [6.07, 6.45) is 0.273. The average molecular weight is 469 g/mol. The fraction of sp³-hybridized carbons (Fsp3) is 0.273. The minimum Gasteiger partial charge on any atom is -0.484 e. The maximum Gasteiger partial charge on any atom is 0.262 e. The van der Waals surface area contributed by atoms with Crippen LogP contribution in [0.3, 0.4) is 0 Å². The molecule has 9 heteroatoms. The Labute approximate surface area is 190 Å². The number of benzene rings is 2. The summed E-state index contributed by atoms with van der Waals surface area (Å²) in [5.41, 5.74) is -0.311. The summed E-state index contributed by atoms with van der Waals surface area (Å²) in [4.78, 5) is 24.0. The van der Waals surface area contributed by atoms with Crippen molar-refractivity contribution in [1.29, 1.82) is 0 Å². The number of halogens is 3. The van der Waals surface area contributed by atoms with Gasteiger partial charge in [0.1, 0.15) is 17.2 Å². The molecule has 0 saturated carbocycles. The highest BCUT2D eigenvalue weighted by molar-refractivity contribution is 6.30. The first-order chi connectivity index (χ1) is 14.6. The van der Waals surface area contributed by atoms with Gasteiger partial charge in [-0.25, -0.2) is 4.39 Å². The molecule has 0 fully saturated rings. The molecule has 6 nitrogen and oxygen atoms in total. The number of hydrogen-bond acceptors (Lipinski definition) is 4. The van der Waals surface area contributed by atoms with Crippen LogP contribution in [0.2, 0.25) is 10.0 Å². The summed E-state index contributed by atoms with van der Waals surface area (Å²) in [5, 5.41) is 16.2. The van der Waals surface area contributed by atoms with E-state index in [-0.39, 0.29) is 42.7 Å². The van der Waals surface area contributed by atoms with Crippen LogP contribution < -0.4 is 15.4 Å². The fourth-order valence-electron chi connectivity index (χ4n) is 2.55. The molecule has 2 aromatic carbocycles. The van der Waals surface area contributed by atoms with Crippen LogP contribution in [0.15, 0.2) is 54.7 Å². The van der Waals surface area contributed by atoms with Crippen LogP contribution in [-0.2, 0) is 15.2 Å². The van der Waals surface area contributed by atoms with Crippen molar-refractivity contribution >= 4 is 35.0 Å². The van der Waals surface area contributed by atoms with Gasteiger partial charge in [0, 0.05) is 23.2 Å². The summed E-state index contributed by atoms with van der Waals surface area (Å²) in [5.74, 6) is -1.29. The topological polar surface area (TPSA) is 87.7 Å². The Hall–Kier alpha value is -2.61. The predicted octanol–water partition coefficient (Wildman–Crippen LogP) is 3.95. The van der Waals surface area contributed by atoms with Gasteiger partial charge in [0.2, 0.25) is 5.91 Å². The Morgan fingerprint density at radius 1 is 1.13 bits per heavy atom. The third-order valence-electron chi connectivity index (χ3n) is 4.33. The second-order valence-corrected chi connectivity index (χ2v) is 7.92. The standard InChI is InChI=1S/C22H23Cl2FN2O4/c1-14(27-21(29)12-31-17-8-9-18(24)19(25)11-17)3-10-20(28)26-13-22(2,30)15-4-6-16(23)7-5-15/h4-9,11,30H,1,3,10,12-13H2,2H3,(H,26,28)(H,27,29). The Morgan fingerprint density at radius 3 is 2.45 bits per heavy atom. The first-order valence-corrected chi connectivity index (χ1v) is 10.1. The van der Waals surface area contributed by atoms with Gasteiger partial charge in [-0.05, 0) is 43.2 Å². The number of hydrogen-bond donors (Lipinski definition) is 3. The summed E-state index contributed by atoms with van der Waals surface area (Å²) in [6.45, 7) is 4.95. The molecule has 1 unspecified atom stereocenters. The third kappa shape index (κ3) is 8.20. The highest BCUT2D eigenvalue weighted by Gasteiger charge is 2.23. The van der Waals surface area contributed by atoms with Gasteiger partial charge in [-0.3, -0.25) is 9.59 Å². The largest absolute Gasteiger partial charge is 0.484 e. The summed E-state index contributed by atoms with van der Waals surface area (Å²) in [7, 11) is 0. The molecule has 0 spiro atoms. The van der Waals surface area contributed by atoms with Crippen LogP contribution in [0.4, 0.5) is 4.39 Å². The van der Waals surface area contributed by atoms with Crippen molar-refractivity contribution in [3.8, 4) is 5.75 Å². The van der Waals surface area contributed by atoms with Gasteiger partial charge in [0.25, 0.3) is 5.91 Å². The van der Waals surface area contributed by atoms with E-state index >= 15 is 0 Å². The molecule has 1 atom stereocenters. The minimum atomic E-state index is -1.26. The Balaban J connectivity index is 1.69. The monoisotopic (exact) mass is 468 g/mol. The number of nitrogens with one attached hydrogen (secondary N) is 2. The van der Waals surface area contributed by atoms with E-state index in [0.717, 1.165) is 6.07 Å². The van der Waals surface area contributed by atoms with Crippen molar-refractivity contribution < 1.29 is 23.8 Å². The molecule has 3 N–H and O–H groups in total. The van der Waals surface area contributed by atoms with Gasteiger partial charge >= 0.3 is 0 Å². The SMILES string of the molecule is C=C(CCC(=O)NCC(C)(O)c1ccc(Cl)cc1)NC(=O)COc1ccc(Cl)c(F)c1. The molecule has 166 valence electrons. The van der Waals surface area contributed by atoms with Crippen molar-refractivity contribution in [2.75, 3.05) is 13.2 Å². The van der Waals surface area contributed by atoms with Crippen LogP contribution in [0, 0.1) is 5.82 Å². The second-order valence-electron chi connectivity index (χ2n) is 7.07. The molecule has 2 aromatic rings. The first-order valence-electron chi connectivity index (χ1n) is 9.37. The predicted molar refractivity (Wildman–Crippen MR) is 117 cm³/mol. The zero-order valence-electron chi connectivity index (χ0n) is 16.9. The van der Waals surface area contributed by atoms with Gasteiger partial charge in [-0.15, -0.1) is 0 Å². The lowest BCUT2D eigenvalue weighted by Crippen LogP contribution is -2.38. The smallest absolute Gasteiger partial charge is 0.262 e. The molecule has 0 aliphatic heterocycles. The molecule has 0 saturated heterocycles. The maximum atomic E-state index is 13.4.